The molecule has 1 aromatic carbocycles. The first kappa shape index (κ1) is 15.7. The Balaban J connectivity index is 2.14. The zero-order valence-electron chi connectivity index (χ0n) is 12.4. The molecular weight excluding hydrogens is 276 g/mol. The van der Waals surface area contributed by atoms with E-state index in [0.717, 1.165) is 32.8 Å². The van der Waals surface area contributed by atoms with E-state index in [4.69, 9.17) is 0 Å². The van der Waals surface area contributed by atoms with Crippen molar-refractivity contribution in [2.75, 3.05) is 12.4 Å². The summed E-state index contributed by atoms with van der Waals surface area (Å²) in [7, 11) is 1.14. The van der Waals surface area contributed by atoms with Gasteiger partial charge < -0.3 is 10.1 Å². The average Bonchev–Trinajstić information content (AvgIpc) is 2.68. The third-order valence-electron chi connectivity index (χ3n) is 4.10. The summed E-state index contributed by atoms with van der Waals surface area (Å²) in [5.41, 5.74) is -0.269. The topological polar surface area (TPSA) is 38.3 Å². The van der Waals surface area contributed by atoms with Gasteiger partial charge in [0, 0.05) is 6.04 Å². The summed E-state index contributed by atoms with van der Waals surface area (Å²) in [4.78, 5) is 11.3. The average molecular weight is 297 g/mol. The maximum absolute atomic E-state index is 14.0. The molecule has 0 saturated heterocycles. The van der Waals surface area contributed by atoms with Crippen LogP contribution in [0.3, 0.4) is 0 Å². The molecule has 0 heterocycles. The zero-order chi connectivity index (χ0) is 15.4. The van der Waals surface area contributed by atoms with Gasteiger partial charge >= 0.3 is 5.97 Å². The Morgan fingerprint density at radius 1 is 1.19 bits per heavy atom. The molecule has 1 aromatic rings. The lowest BCUT2D eigenvalue weighted by Gasteiger charge is -2.19. The molecule has 5 heteroatoms. The van der Waals surface area contributed by atoms with Crippen molar-refractivity contribution in [3.63, 3.8) is 0 Å². The molecule has 0 aromatic heterocycles. The Labute approximate surface area is 123 Å². The van der Waals surface area contributed by atoms with Crippen LogP contribution >= 0.6 is 0 Å². The molecule has 0 spiro atoms. The third kappa shape index (κ3) is 3.71. The van der Waals surface area contributed by atoms with Gasteiger partial charge in [0.25, 0.3) is 0 Å². The molecule has 0 radical (unpaired) electrons. The molecule has 1 fully saturated rings. The maximum atomic E-state index is 14.0. The Morgan fingerprint density at radius 3 is 2.67 bits per heavy atom. The number of nitrogens with one attached hydrogen (secondary N) is 1. The van der Waals surface area contributed by atoms with Crippen LogP contribution in [0.25, 0.3) is 0 Å². The summed E-state index contributed by atoms with van der Waals surface area (Å²) in [5, 5.41) is 3.07. The van der Waals surface area contributed by atoms with E-state index in [1.165, 1.54) is 18.6 Å². The lowest BCUT2D eigenvalue weighted by Crippen LogP contribution is -2.20. The number of rotatable bonds is 3. The van der Waals surface area contributed by atoms with Crippen LogP contribution in [0.15, 0.2) is 12.1 Å². The number of anilines is 1. The summed E-state index contributed by atoms with van der Waals surface area (Å²) in [6.45, 7) is 2.22. The summed E-state index contributed by atoms with van der Waals surface area (Å²) < 4.78 is 32.4. The number of carbonyl (C=O) groups is 1. The number of halogens is 2. The first-order chi connectivity index (χ1) is 10.0. The number of hydrogen-bond acceptors (Lipinski definition) is 3. The SMILES string of the molecule is COC(=O)c1ccc(NC2CCCC(C)CC2)c(F)c1F. The molecule has 1 aliphatic rings. The quantitative estimate of drug-likeness (QED) is 0.673. The molecule has 2 atom stereocenters. The highest BCUT2D eigenvalue weighted by atomic mass is 19.2. The standard InChI is InChI=1S/C16H21F2NO2/c1-10-4-3-5-11(7-6-10)19-13-9-8-12(16(20)21-2)14(17)15(13)18/h8-11,19H,3-7H2,1-2H3. The molecule has 0 amide bonds. The van der Waals surface area contributed by atoms with E-state index in [-0.39, 0.29) is 17.3 Å². The second-order valence-electron chi connectivity index (χ2n) is 5.73. The van der Waals surface area contributed by atoms with Crippen molar-refractivity contribution < 1.29 is 18.3 Å². The minimum atomic E-state index is -1.16. The van der Waals surface area contributed by atoms with Crippen LogP contribution in [0.4, 0.5) is 14.5 Å². The van der Waals surface area contributed by atoms with Crippen LogP contribution in [-0.4, -0.2) is 19.1 Å². The fourth-order valence-corrected chi connectivity index (χ4v) is 2.78. The van der Waals surface area contributed by atoms with Crippen LogP contribution in [0.1, 0.15) is 49.4 Å². The summed E-state index contributed by atoms with van der Waals surface area (Å²) >= 11 is 0. The highest BCUT2D eigenvalue weighted by molar-refractivity contribution is 5.90. The number of carbonyl (C=O) groups excluding carboxylic acids is 1. The van der Waals surface area contributed by atoms with Crippen molar-refractivity contribution in [3.8, 4) is 0 Å². The van der Waals surface area contributed by atoms with Gasteiger partial charge in [-0.15, -0.1) is 0 Å². The van der Waals surface area contributed by atoms with E-state index in [0.29, 0.717) is 5.92 Å². The van der Waals surface area contributed by atoms with Crippen LogP contribution in [-0.2, 0) is 4.74 Å². The minimum Gasteiger partial charge on any atom is -0.465 e. The van der Waals surface area contributed by atoms with E-state index in [9.17, 15) is 13.6 Å². The largest absolute Gasteiger partial charge is 0.465 e. The smallest absolute Gasteiger partial charge is 0.340 e. The number of hydrogen-bond donors (Lipinski definition) is 1. The van der Waals surface area contributed by atoms with E-state index in [1.807, 2.05) is 0 Å². The molecule has 1 saturated carbocycles. The van der Waals surface area contributed by atoms with Crippen molar-refractivity contribution in [3.05, 3.63) is 29.3 Å². The Hall–Kier alpha value is -1.65. The van der Waals surface area contributed by atoms with Gasteiger partial charge in [0.2, 0.25) is 0 Å². The maximum Gasteiger partial charge on any atom is 0.340 e. The predicted octanol–water partition coefficient (Wildman–Crippen LogP) is 4.13. The van der Waals surface area contributed by atoms with Crippen molar-refractivity contribution >= 4 is 11.7 Å². The second kappa shape index (κ2) is 6.87. The summed E-state index contributed by atoms with van der Waals surface area (Å²) in [6, 6.07) is 2.80. The van der Waals surface area contributed by atoms with E-state index in [1.54, 1.807) is 0 Å². The van der Waals surface area contributed by atoms with Gasteiger partial charge in [0.1, 0.15) is 0 Å². The summed E-state index contributed by atoms with van der Waals surface area (Å²) in [5.74, 6) is -2.37. The van der Waals surface area contributed by atoms with E-state index < -0.39 is 17.6 Å². The Kier molecular flexibility index (Phi) is 5.15. The normalized spacial score (nSPS) is 22.5. The molecular formula is C16H21F2NO2. The third-order valence-corrected chi connectivity index (χ3v) is 4.10. The number of ether oxygens (including phenoxy) is 1. The highest BCUT2D eigenvalue weighted by Crippen LogP contribution is 2.27. The predicted molar refractivity (Wildman–Crippen MR) is 77.4 cm³/mol. The monoisotopic (exact) mass is 297 g/mol. The lowest BCUT2D eigenvalue weighted by atomic mass is 10.0. The minimum absolute atomic E-state index is 0.111. The van der Waals surface area contributed by atoms with Gasteiger partial charge in [-0.1, -0.05) is 19.8 Å². The molecule has 116 valence electrons. The van der Waals surface area contributed by atoms with Crippen LogP contribution in [0, 0.1) is 17.6 Å². The molecule has 1 N–H and O–H groups in total. The molecule has 2 rings (SSSR count). The van der Waals surface area contributed by atoms with Gasteiger partial charge in [-0.25, -0.2) is 13.6 Å². The van der Waals surface area contributed by atoms with Gasteiger partial charge in [0.15, 0.2) is 11.6 Å². The molecule has 1 aliphatic carbocycles. The first-order valence-electron chi connectivity index (χ1n) is 7.35. The fourth-order valence-electron chi connectivity index (χ4n) is 2.78. The molecule has 2 unspecified atom stereocenters. The van der Waals surface area contributed by atoms with Gasteiger partial charge in [0.05, 0.1) is 18.4 Å². The van der Waals surface area contributed by atoms with Gasteiger partial charge in [-0.3, -0.25) is 0 Å². The highest BCUT2D eigenvalue weighted by Gasteiger charge is 2.22. The second-order valence-corrected chi connectivity index (χ2v) is 5.73. The van der Waals surface area contributed by atoms with E-state index >= 15 is 0 Å². The van der Waals surface area contributed by atoms with Gasteiger partial charge in [-0.2, -0.15) is 0 Å². The van der Waals surface area contributed by atoms with Crippen molar-refractivity contribution in [1.82, 2.24) is 0 Å². The fraction of sp³-hybridized carbons (Fsp3) is 0.562. The lowest BCUT2D eigenvalue weighted by molar-refractivity contribution is 0.0594. The summed E-state index contributed by atoms with van der Waals surface area (Å²) in [6.07, 6.45) is 5.24. The molecule has 0 aliphatic heterocycles. The van der Waals surface area contributed by atoms with Crippen molar-refractivity contribution in [2.24, 2.45) is 5.92 Å². The number of esters is 1. The Morgan fingerprint density at radius 2 is 1.95 bits per heavy atom. The zero-order valence-corrected chi connectivity index (χ0v) is 12.4. The van der Waals surface area contributed by atoms with E-state index in [2.05, 4.69) is 17.0 Å². The van der Waals surface area contributed by atoms with Gasteiger partial charge in [-0.05, 0) is 37.3 Å². The first-order valence-corrected chi connectivity index (χ1v) is 7.35. The van der Waals surface area contributed by atoms with Crippen LogP contribution < -0.4 is 5.32 Å². The Bertz CT molecular complexity index is 519. The van der Waals surface area contributed by atoms with Crippen molar-refractivity contribution in [2.45, 2.75) is 45.1 Å². The van der Waals surface area contributed by atoms with Crippen LogP contribution in [0.5, 0.6) is 0 Å². The molecule has 3 nitrogen and oxygen atoms in total. The van der Waals surface area contributed by atoms with Crippen LogP contribution in [0.2, 0.25) is 0 Å². The van der Waals surface area contributed by atoms with Crippen molar-refractivity contribution in [1.29, 1.82) is 0 Å². The number of methoxy groups -OCH3 is 1. The molecule has 21 heavy (non-hydrogen) atoms. The number of benzene rings is 1. The molecule has 0 bridgehead atoms.